The lowest BCUT2D eigenvalue weighted by Gasteiger charge is -2.15. The van der Waals surface area contributed by atoms with Crippen molar-refractivity contribution in [3.05, 3.63) is 206 Å². The number of fused-ring (bicyclic) bond motifs is 12. The van der Waals surface area contributed by atoms with E-state index < -0.39 is 0 Å². The first-order chi connectivity index (χ1) is 30.7. The molecule has 0 aliphatic rings. The molecule has 0 fully saturated rings. The Morgan fingerprint density at radius 1 is 0.306 bits per heavy atom. The summed E-state index contributed by atoms with van der Waals surface area (Å²) >= 11 is 1.88. The summed E-state index contributed by atoms with van der Waals surface area (Å²) in [6.07, 6.45) is 0. The van der Waals surface area contributed by atoms with Crippen molar-refractivity contribution >= 4 is 85.6 Å². The number of para-hydroxylation sites is 1. The predicted molar refractivity (Wildman–Crippen MR) is 261 cm³/mol. The van der Waals surface area contributed by atoms with Crippen molar-refractivity contribution in [2.75, 3.05) is 0 Å². The van der Waals surface area contributed by atoms with E-state index in [1.54, 1.807) is 0 Å². The maximum Gasteiger partial charge on any atom is 0.164 e. The van der Waals surface area contributed by atoms with Crippen molar-refractivity contribution in [2.45, 2.75) is 0 Å². The van der Waals surface area contributed by atoms with Crippen LogP contribution in [0, 0.1) is 0 Å². The minimum absolute atomic E-state index is 0.640. The Hall–Kier alpha value is -7.99. The van der Waals surface area contributed by atoms with Crippen molar-refractivity contribution in [1.82, 2.24) is 19.5 Å². The second kappa shape index (κ2) is 13.8. The Morgan fingerprint density at radius 3 is 1.55 bits per heavy atom. The topological polar surface area (TPSA) is 43.6 Å². The van der Waals surface area contributed by atoms with Gasteiger partial charge < -0.3 is 4.57 Å². The number of hydrogen-bond donors (Lipinski definition) is 0. The number of benzene rings is 10. The fourth-order valence-electron chi connectivity index (χ4n) is 9.55. The Morgan fingerprint density at radius 2 is 0.823 bits per heavy atom. The van der Waals surface area contributed by atoms with E-state index in [1.165, 1.54) is 80.0 Å². The lowest BCUT2D eigenvalue weighted by molar-refractivity contribution is 1.07. The third-order valence-corrected chi connectivity index (χ3v) is 13.6. The summed E-state index contributed by atoms with van der Waals surface area (Å²) in [5.41, 5.74) is 8.80. The van der Waals surface area contributed by atoms with Crippen LogP contribution in [0.25, 0.3) is 125 Å². The Bertz CT molecular complexity index is 3870. The second-order valence-corrected chi connectivity index (χ2v) is 17.0. The predicted octanol–water partition coefficient (Wildman–Crippen LogP) is 15.5. The maximum absolute atomic E-state index is 5.11. The molecular formula is C57H34N4S. The minimum atomic E-state index is 0.640. The maximum atomic E-state index is 5.11. The zero-order valence-electron chi connectivity index (χ0n) is 33.3. The monoisotopic (exact) mass is 806 g/mol. The lowest BCUT2D eigenvalue weighted by Crippen LogP contribution is -2.00. The van der Waals surface area contributed by atoms with E-state index in [0.29, 0.717) is 17.5 Å². The van der Waals surface area contributed by atoms with Crippen LogP contribution in [-0.2, 0) is 0 Å². The highest BCUT2D eigenvalue weighted by molar-refractivity contribution is 7.26. The molecule has 0 N–H and O–H groups in total. The summed E-state index contributed by atoms with van der Waals surface area (Å²) in [6, 6.07) is 74.0. The molecule has 0 radical (unpaired) electrons. The average molecular weight is 807 g/mol. The number of rotatable bonds is 5. The summed E-state index contributed by atoms with van der Waals surface area (Å²) in [4.78, 5) is 15.2. The van der Waals surface area contributed by atoms with Crippen LogP contribution in [0.2, 0.25) is 0 Å². The summed E-state index contributed by atoms with van der Waals surface area (Å²) in [7, 11) is 0. The fourth-order valence-corrected chi connectivity index (χ4v) is 10.8. The molecule has 3 heterocycles. The van der Waals surface area contributed by atoms with Gasteiger partial charge in [-0.05, 0) is 85.9 Å². The van der Waals surface area contributed by atoms with Crippen molar-refractivity contribution in [3.63, 3.8) is 0 Å². The third kappa shape index (κ3) is 5.42. The first kappa shape index (κ1) is 34.8. The zero-order valence-corrected chi connectivity index (χ0v) is 34.1. The van der Waals surface area contributed by atoms with Gasteiger partial charge in [0.2, 0.25) is 0 Å². The van der Waals surface area contributed by atoms with E-state index in [9.17, 15) is 0 Å². The number of thiophene rings is 1. The van der Waals surface area contributed by atoms with Gasteiger partial charge in [-0.25, -0.2) is 15.0 Å². The van der Waals surface area contributed by atoms with Crippen molar-refractivity contribution < 1.29 is 0 Å². The summed E-state index contributed by atoms with van der Waals surface area (Å²) in [6.45, 7) is 0. The summed E-state index contributed by atoms with van der Waals surface area (Å²) in [5.74, 6) is 1.94. The molecule has 0 unspecified atom stereocenters. The smallest absolute Gasteiger partial charge is 0.164 e. The number of aromatic nitrogens is 4. The van der Waals surface area contributed by atoms with Gasteiger partial charge in [0.15, 0.2) is 17.5 Å². The van der Waals surface area contributed by atoms with Gasteiger partial charge in [-0.1, -0.05) is 164 Å². The molecule has 4 nitrogen and oxygen atoms in total. The van der Waals surface area contributed by atoms with Crippen LogP contribution in [0.15, 0.2) is 206 Å². The van der Waals surface area contributed by atoms with Gasteiger partial charge in [-0.15, -0.1) is 11.3 Å². The van der Waals surface area contributed by atoms with Crippen LogP contribution in [0.4, 0.5) is 0 Å². The Labute approximate surface area is 360 Å². The van der Waals surface area contributed by atoms with Gasteiger partial charge in [-0.3, -0.25) is 0 Å². The van der Waals surface area contributed by atoms with Crippen LogP contribution in [0.1, 0.15) is 0 Å². The molecule has 288 valence electrons. The highest BCUT2D eigenvalue weighted by Gasteiger charge is 2.19. The quantitative estimate of drug-likeness (QED) is 0.163. The van der Waals surface area contributed by atoms with E-state index in [1.807, 2.05) is 47.7 Å². The molecule has 0 saturated carbocycles. The molecule has 10 aromatic carbocycles. The van der Waals surface area contributed by atoms with Gasteiger partial charge in [-0.2, -0.15) is 0 Å². The third-order valence-electron chi connectivity index (χ3n) is 12.4. The molecule has 0 bridgehead atoms. The largest absolute Gasteiger partial charge is 0.309 e. The first-order valence-electron chi connectivity index (χ1n) is 20.9. The first-order valence-corrected chi connectivity index (χ1v) is 21.7. The van der Waals surface area contributed by atoms with Crippen molar-refractivity contribution in [1.29, 1.82) is 0 Å². The Kier molecular flexibility index (Phi) is 7.74. The molecular weight excluding hydrogens is 773 g/mol. The standard InChI is InChI=1S/C57H34N4S/c1-3-14-35(15-4-1)55-58-56(36-16-5-2-6-17-36)60-57(59-55)38-26-29-43-41-18-7-8-19-42(41)44-30-28-39(34-49(44)48(43)33-38)61-51-24-11-9-20-45(51)50-32-37(27-31-52(50)61)40-22-13-23-47-46-21-10-12-25-53(46)62-54(40)47/h1-34H. The normalized spacial score (nSPS) is 11.9. The van der Waals surface area contributed by atoms with Gasteiger partial charge in [0, 0.05) is 53.3 Å². The molecule has 0 aliphatic carbocycles. The van der Waals surface area contributed by atoms with E-state index in [-0.39, 0.29) is 0 Å². The SMILES string of the molecule is c1ccc(-c2nc(-c3ccccc3)nc(-c3ccc4c5ccccc5c5ccc(-n6c7ccccc7c7cc(-c8cccc9c8sc8ccccc89)ccc76)cc5c4c3)n2)cc1. The molecule has 62 heavy (non-hydrogen) atoms. The fraction of sp³-hybridized carbons (Fsp3) is 0. The van der Waals surface area contributed by atoms with E-state index in [0.717, 1.165) is 27.8 Å². The highest BCUT2D eigenvalue weighted by atomic mass is 32.1. The van der Waals surface area contributed by atoms with Crippen molar-refractivity contribution in [3.8, 4) is 51.0 Å². The minimum Gasteiger partial charge on any atom is -0.309 e. The highest BCUT2D eigenvalue weighted by Crippen LogP contribution is 2.43. The molecule has 5 heteroatoms. The number of hydrogen-bond acceptors (Lipinski definition) is 4. The van der Waals surface area contributed by atoms with E-state index in [4.69, 9.17) is 15.0 Å². The van der Waals surface area contributed by atoms with Crippen LogP contribution >= 0.6 is 11.3 Å². The van der Waals surface area contributed by atoms with Gasteiger partial charge in [0.05, 0.1) is 11.0 Å². The summed E-state index contributed by atoms with van der Waals surface area (Å²) in [5, 5.41) is 12.3. The molecule has 13 rings (SSSR count). The van der Waals surface area contributed by atoms with Crippen LogP contribution in [0.5, 0.6) is 0 Å². The van der Waals surface area contributed by atoms with Crippen LogP contribution < -0.4 is 0 Å². The lowest BCUT2D eigenvalue weighted by atomic mass is 9.93. The van der Waals surface area contributed by atoms with Crippen LogP contribution in [-0.4, -0.2) is 19.5 Å². The molecule has 0 spiro atoms. The molecule has 0 amide bonds. The molecule has 3 aromatic heterocycles. The molecule has 13 aromatic rings. The number of nitrogens with zero attached hydrogens (tertiary/aromatic N) is 4. The van der Waals surface area contributed by atoms with Gasteiger partial charge in [0.25, 0.3) is 0 Å². The van der Waals surface area contributed by atoms with E-state index in [2.05, 4.69) is 174 Å². The zero-order chi connectivity index (χ0) is 40.7. The average Bonchev–Trinajstić information content (AvgIpc) is 3.90. The Balaban J connectivity index is 1.02. The van der Waals surface area contributed by atoms with Crippen molar-refractivity contribution in [2.24, 2.45) is 0 Å². The molecule has 0 atom stereocenters. The van der Waals surface area contributed by atoms with Gasteiger partial charge in [0.1, 0.15) is 0 Å². The molecule has 0 saturated heterocycles. The molecule has 0 aliphatic heterocycles. The second-order valence-electron chi connectivity index (χ2n) is 15.9. The van der Waals surface area contributed by atoms with E-state index >= 15 is 0 Å². The van der Waals surface area contributed by atoms with Crippen LogP contribution in [0.3, 0.4) is 0 Å². The van der Waals surface area contributed by atoms with Gasteiger partial charge >= 0.3 is 0 Å². The summed E-state index contributed by atoms with van der Waals surface area (Å²) < 4.78 is 5.08.